The van der Waals surface area contributed by atoms with Gasteiger partial charge in [-0.2, -0.15) is 5.10 Å². The van der Waals surface area contributed by atoms with Crippen LogP contribution in [0.3, 0.4) is 0 Å². The maximum Gasteiger partial charge on any atom is 0.0635 e. The van der Waals surface area contributed by atoms with E-state index >= 15 is 0 Å². The molecule has 0 fully saturated rings. The van der Waals surface area contributed by atoms with Crippen molar-refractivity contribution >= 4 is 15.9 Å². The van der Waals surface area contributed by atoms with Gasteiger partial charge in [-0.05, 0) is 49.7 Å². The van der Waals surface area contributed by atoms with Gasteiger partial charge in [0.1, 0.15) is 0 Å². The van der Waals surface area contributed by atoms with Gasteiger partial charge < -0.3 is 5.32 Å². The summed E-state index contributed by atoms with van der Waals surface area (Å²) in [6, 6.07) is 0.950. The van der Waals surface area contributed by atoms with Gasteiger partial charge in [0.15, 0.2) is 0 Å². The third-order valence-electron chi connectivity index (χ3n) is 3.00. The molecule has 17 heavy (non-hydrogen) atoms. The van der Waals surface area contributed by atoms with Crippen molar-refractivity contribution in [3.63, 3.8) is 0 Å². The zero-order valence-electron chi connectivity index (χ0n) is 11.5. The first-order valence-corrected chi connectivity index (χ1v) is 7.22. The van der Waals surface area contributed by atoms with Crippen LogP contribution in [0.2, 0.25) is 0 Å². The topological polar surface area (TPSA) is 29.9 Å². The van der Waals surface area contributed by atoms with Gasteiger partial charge in [0.2, 0.25) is 0 Å². The smallest absolute Gasteiger partial charge is 0.0635 e. The Kier molecular flexibility index (Phi) is 5.67. The minimum absolute atomic E-state index is 0.410. The predicted molar refractivity (Wildman–Crippen MR) is 76.5 cm³/mol. The molecule has 2 unspecified atom stereocenters. The van der Waals surface area contributed by atoms with Gasteiger partial charge in [0.25, 0.3) is 0 Å². The molecule has 0 amide bonds. The SMILES string of the molecule is CCNC(C)CC(C)c1c(Br)cnn1C(C)C. The molecule has 0 aliphatic carbocycles. The molecular weight excluding hydrogens is 278 g/mol. The van der Waals surface area contributed by atoms with Crippen molar-refractivity contribution < 1.29 is 0 Å². The number of nitrogens with one attached hydrogen (secondary N) is 1. The minimum Gasteiger partial charge on any atom is -0.315 e. The molecule has 1 aromatic rings. The van der Waals surface area contributed by atoms with Crippen LogP contribution >= 0.6 is 15.9 Å². The molecule has 0 radical (unpaired) electrons. The Bertz CT molecular complexity index is 346. The molecule has 1 N–H and O–H groups in total. The molecule has 2 atom stereocenters. The summed E-state index contributed by atoms with van der Waals surface area (Å²) in [6.45, 7) is 12.0. The monoisotopic (exact) mass is 301 g/mol. The van der Waals surface area contributed by atoms with Crippen LogP contribution in [-0.4, -0.2) is 22.4 Å². The van der Waals surface area contributed by atoms with Crippen molar-refractivity contribution in [1.29, 1.82) is 0 Å². The molecule has 1 rings (SSSR count). The highest BCUT2D eigenvalue weighted by Crippen LogP contribution is 2.29. The van der Waals surface area contributed by atoms with Crippen molar-refractivity contribution in [2.24, 2.45) is 0 Å². The van der Waals surface area contributed by atoms with E-state index in [0.29, 0.717) is 18.0 Å². The first-order valence-electron chi connectivity index (χ1n) is 6.43. The lowest BCUT2D eigenvalue weighted by molar-refractivity contribution is 0.443. The zero-order chi connectivity index (χ0) is 13.0. The summed E-state index contributed by atoms with van der Waals surface area (Å²) in [5.41, 5.74) is 1.31. The zero-order valence-corrected chi connectivity index (χ0v) is 13.1. The Morgan fingerprint density at radius 1 is 1.35 bits per heavy atom. The molecule has 0 spiro atoms. The first-order chi connectivity index (χ1) is 7.97. The summed E-state index contributed by atoms with van der Waals surface area (Å²) >= 11 is 3.61. The maximum absolute atomic E-state index is 4.44. The van der Waals surface area contributed by atoms with Gasteiger partial charge in [-0.25, -0.2) is 0 Å². The molecule has 0 aromatic carbocycles. The van der Waals surface area contributed by atoms with E-state index in [9.17, 15) is 0 Å². The third-order valence-corrected chi connectivity index (χ3v) is 3.61. The average molecular weight is 302 g/mol. The molecule has 0 bridgehead atoms. The summed E-state index contributed by atoms with van der Waals surface area (Å²) < 4.78 is 3.25. The van der Waals surface area contributed by atoms with E-state index in [0.717, 1.165) is 17.4 Å². The fourth-order valence-electron chi connectivity index (χ4n) is 2.30. The van der Waals surface area contributed by atoms with Gasteiger partial charge in [0.05, 0.1) is 16.4 Å². The fraction of sp³-hybridized carbons (Fsp3) is 0.769. The Labute approximate surface area is 113 Å². The van der Waals surface area contributed by atoms with Crippen molar-refractivity contribution in [3.8, 4) is 0 Å². The largest absolute Gasteiger partial charge is 0.315 e. The Balaban J connectivity index is 2.80. The lowest BCUT2D eigenvalue weighted by atomic mass is 9.99. The van der Waals surface area contributed by atoms with Crippen LogP contribution in [0.5, 0.6) is 0 Å². The fourth-order valence-corrected chi connectivity index (χ4v) is 2.96. The van der Waals surface area contributed by atoms with E-state index in [-0.39, 0.29) is 0 Å². The maximum atomic E-state index is 4.44. The first kappa shape index (κ1) is 14.7. The Morgan fingerprint density at radius 3 is 2.53 bits per heavy atom. The van der Waals surface area contributed by atoms with E-state index in [1.165, 1.54) is 5.69 Å². The van der Waals surface area contributed by atoms with Crippen LogP contribution in [0, 0.1) is 0 Å². The molecule has 0 saturated heterocycles. The lowest BCUT2D eigenvalue weighted by Gasteiger charge is -2.21. The third kappa shape index (κ3) is 3.81. The van der Waals surface area contributed by atoms with E-state index < -0.39 is 0 Å². The highest BCUT2D eigenvalue weighted by molar-refractivity contribution is 9.10. The second-order valence-electron chi connectivity index (χ2n) is 5.01. The van der Waals surface area contributed by atoms with Crippen LogP contribution in [0.15, 0.2) is 10.7 Å². The summed E-state index contributed by atoms with van der Waals surface area (Å²) in [6.07, 6.45) is 3.04. The van der Waals surface area contributed by atoms with Crippen molar-refractivity contribution in [2.75, 3.05) is 6.54 Å². The highest BCUT2D eigenvalue weighted by atomic mass is 79.9. The number of hydrogen-bond donors (Lipinski definition) is 1. The molecule has 0 aliphatic heterocycles. The predicted octanol–water partition coefficient (Wildman–Crippen LogP) is 3.72. The number of aromatic nitrogens is 2. The number of halogens is 1. The number of hydrogen-bond acceptors (Lipinski definition) is 2. The second-order valence-corrected chi connectivity index (χ2v) is 5.87. The quantitative estimate of drug-likeness (QED) is 0.868. The number of nitrogens with zero attached hydrogens (tertiary/aromatic N) is 2. The highest BCUT2D eigenvalue weighted by Gasteiger charge is 2.19. The van der Waals surface area contributed by atoms with Gasteiger partial charge in [-0.1, -0.05) is 13.8 Å². The molecule has 3 nitrogen and oxygen atoms in total. The van der Waals surface area contributed by atoms with Crippen molar-refractivity contribution in [2.45, 2.75) is 59.0 Å². The van der Waals surface area contributed by atoms with E-state index in [1.807, 2.05) is 6.20 Å². The van der Waals surface area contributed by atoms with Gasteiger partial charge in [-0.3, -0.25) is 4.68 Å². The lowest BCUT2D eigenvalue weighted by Crippen LogP contribution is -2.27. The van der Waals surface area contributed by atoms with Crippen LogP contribution in [-0.2, 0) is 0 Å². The molecule has 4 heteroatoms. The van der Waals surface area contributed by atoms with E-state index in [4.69, 9.17) is 0 Å². The van der Waals surface area contributed by atoms with Crippen LogP contribution < -0.4 is 5.32 Å². The van der Waals surface area contributed by atoms with Crippen LogP contribution in [0.25, 0.3) is 0 Å². The summed E-state index contributed by atoms with van der Waals surface area (Å²) in [7, 11) is 0. The standard InChI is InChI=1S/C13H24BrN3/c1-6-15-11(5)7-10(4)13-12(14)8-16-17(13)9(2)3/h8-11,15H,6-7H2,1-5H3. The second kappa shape index (κ2) is 6.55. The van der Waals surface area contributed by atoms with Gasteiger partial charge >= 0.3 is 0 Å². The normalized spacial score (nSPS) is 15.2. The Morgan fingerprint density at radius 2 is 2.00 bits per heavy atom. The van der Waals surface area contributed by atoms with E-state index in [2.05, 4.69) is 65.6 Å². The van der Waals surface area contributed by atoms with E-state index in [1.54, 1.807) is 0 Å². The van der Waals surface area contributed by atoms with Gasteiger partial charge in [-0.15, -0.1) is 0 Å². The van der Waals surface area contributed by atoms with Crippen molar-refractivity contribution in [3.05, 3.63) is 16.4 Å². The Hall–Kier alpha value is -0.350. The average Bonchev–Trinajstić information content (AvgIpc) is 2.60. The summed E-state index contributed by atoms with van der Waals surface area (Å²) in [5, 5.41) is 7.90. The van der Waals surface area contributed by atoms with Crippen molar-refractivity contribution in [1.82, 2.24) is 15.1 Å². The summed E-state index contributed by atoms with van der Waals surface area (Å²) in [5.74, 6) is 0.503. The summed E-state index contributed by atoms with van der Waals surface area (Å²) in [4.78, 5) is 0. The van der Waals surface area contributed by atoms with Crippen LogP contribution in [0.1, 0.15) is 58.7 Å². The molecule has 0 aliphatic rings. The molecule has 98 valence electrons. The number of rotatable bonds is 6. The molecular formula is C13H24BrN3. The molecule has 0 saturated carbocycles. The molecule has 1 aromatic heterocycles. The van der Waals surface area contributed by atoms with Crippen LogP contribution in [0.4, 0.5) is 0 Å². The molecule has 1 heterocycles. The minimum atomic E-state index is 0.410. The van der Waals surface area contributed by atoms with Gasteiger partial charge in [0, 0.05) is 18.0 Å².